The molecule has 30 heavy (non-hydrogen) atoms. The Labute approximate surface area is 178 Å². The Morgan fingerprint density at radius 3 is 2.63 bits per heavy atom. The van der Waals surface area contributed by atoms with Gasteiger partial charge < -0.3 is 14.4 Å². The van der Waals surface area contributed by atoms with E-state index < -0.39 is 0 Å². The minimum atomic E-state index is -0.0607. The Morgan fingerprint density at radius 2 is 1.90 bits per heavy atom. The first-order valence-corrected chi connectivity index (χ1v) is 10.1. The first-order valence-electron chi connectivity index (χ1n) is 10.1. The second kappa shape index (κ2) is 9.48. The van der Waals surface area contributed by atoms with Crippen LogP contribution in [0.5, 0.6) is 11.5 Å². The molecule has 0 bridgehead atoms. The minimum Gasteiger partial charge on any atom is -0.496 e. The number of carbonyl (C=O) groups is 1. The topological polar surface area (TPSA) is 56.6 Å². The fraction of sp³-hybridized carbons (Fsp3) is 0.333. The number of hydrogen-bond acceptors (Lipinski definition) is 4. The lowest BCUT2D eigenvalue weighted by atomic mass is 10.1. The van der Waals surface area contributed by atoms with Gasteiger partial charge in [0.15, 0.2) is 0 Å². The molecule has 0 saturated carbocycles. The van der Waals surface area contributed by atoms with Crippen LogP contribution in [0.2, 0.25) is 0 Å². The molecule has 0 aliphatic rings. The summed E-state index contributed by atoms with van der Waals surface area (Å²) in [5.41, 5.74) is 4.63. The molecule has 0 radical (unpaired) electrons. The van der Waals surface area contributed by atoms with Crippen LogP contribution in [0.3, 0.4) is 0 Å². The second-order valence-corrected chi connectivity index (χ2v) is 7.38. The summed E-state index contributed by atoms with van der Waals surface area (Å²) in [6.07, 6.45) is 1.76. The highest BCUT2D eigenvalue weighted by molar-refractivity contribution is 5.94. The van der Waals surface area contributed by atoms with E-state index in [-0.39, 0.29) is 5.91 Å². The molecule has 1 heterocycles. The van der Waals surface area contributed by atoms with E-state index in [4.69, 9.17) is 9.47 Å². The number of rotatable bonds is 8. The van der Waals surface area contributed by atoms with Gasteiger partial charge in [-0.3, -0.25) is 9.48 Å². The highest BCUT2D eigenvalue weighted by Crippen LogP contribution is 2.25. The maximum Gasteiger partial charge on any atom is 0.253 e. The standard InChI is InChI=1S/C24H29N3O3/c1-6-27-21(11-12-25-27)15-26(4)24(28)19-9-10-22(29-5)20(14-19)16-30-23-13-17(2)7-8-18(23)3/h7-14H,6,15-16H2,1-5H3. The van der Waals surface area contributed by atoms with Crippen LogP contribution >= 0.6 is 0 Å². The van der Waals surface area contributed by atoms with Crippen LogP contribution < -0.4 is 9.47 Å². The molecule has 0 N–H and O–H groups in total. The third kappa shape index (κ3) is 4.82. The van der Waals surface area contributed by atoms with Crippen molar-refractivity contribution in [3.8, 4) is 11.5 Å². The zero-order chi connectivity index (χ0) is 21.7. The van der Waals surface area contributed by atoms with Gasteiger partial charge in [0.25, 0.3) is 5.91 Å². The third-order valence-electron chi connectivity index (χ3n) is 5.10. The first-order chi connectivity index (χ1) is 14.4. The molecule has 0 spiro atoms. The number of amides is 1. The molecule has 0 aliphatic heterocycles. The fourth-order valence-electron chi connectivity index (χ4n) is 3.36. The van der Waals surface area contributed by atoms with Crippen LogP contribution in [-0.4, -0.2) is 34.7 Å². The molecule has 0 unspecified atom stereocenters. The summed E-state index contributed by atoms with van der Waals surface area (Å²) >= 11 is 0. The molecule has 3 aromatic rings. The number of ether oxygens (including phenoxy) is 2. The smallest absolute Gasteiger partial charge is 0.253 e. The van der Waals surface area contributed by atoms with Crippen LogP contribution in [-0.2, 0) is 19.7 Å². The summed E-state index contributed by atoms with van der Waals surface area (Å²) in [7, 11) is 3.42. The van der Waals surface area contributed by atoms with Crippen molar-refractivity contribution in [3.63, 3.8) is 0 Å². The van der Waals surface area contributed by atoms with Gasteiger partial charge in [0.2, 0.25) is 0 Å². The summed E-state index contributed by atoms with van der Waals surface area (Å²) in [5, 5.41) is 4.27. The Kier molecular flexibility index (Phi) is 6.77. The first kappa shape index (κ1) is 21.4. The normalized spacial score (nSPS) is 10.7. The lowest BCUT2D eigenvalue weighted by Gasteiger charge is -2.19. The van der Waals surface area contributed by atoms with Gasteiger partial charge in [0.05, 0.1) is 19.3 Å². The number of aryl methyl sites for hydroxylation is 3. The van der Waals surface area contributed by atoms with Crippen LogP contribution in [0.25, 0.3) is 0 Å². The molecule has 0 atom stereocenters. The van der Waals surface area contributed by atoms with E-state index in [1.807, 2.05) is 55.8 Å². The van der Waals surface area contributed by atoms with E-state index >= 15 is 0 Å². The number of benzene rings is 2. The molecule has 158 valence electrons. The summed E-state index contributed by atoms with van der Waals surface area (Å²) in [5.74, 6) is 1.47. The molecule has 0 fully saturated rings. The number of aromatic nitrogens is 2. The van der Waals surface area contributed by atoms with Crippen LogP contribution in [0.4, 0.5) is 0 Å². The van der Waals surface area contributed by atoms with Gasteiger partial charge in [0.1, 0.15) is 18.1 Å². The average molecular weight is 408 g/mol. The van der Waals surface area contributed by atoms with Crippen molar-refractivity contribution in [2.75, 3.05) is 14.2 Å². The zero-order valence-electron chi connectivity index (χ0n) is 18.3. The largest absolute Gasteiger partial charge is 0.496 e. The van der Waals surface area contributed by atoms with Crippen LogP contribution in [0.15, 0.2) is 48.7 Å². The fourth-order valence-corrected chi connectivity index (χ4v) is 3.36. The Hall–Kier alpha value is -3.28. The van der Waals surface area contributed by atoms with Crippen molar-refractivity contribution in [1.29, 1.82) is 0 Å². The number of carbonyl (C=O) groups excluding carboxylic acids is 1. The van der Waals surface area contributed by atoms with E-state index in [1.165, 1.54) is 0 Å². The van der Waals surface area contributed by atoms with Gasteiger partial charge in [-0.1, -0.05) is 12.1 Å². The van der Waals surface area contributed by atoms with Crippen molar-refractivity contribution in [2.45, 2.75) is 40.5 Å². The highest BCUT2D eigenvalue weighted by atomic mass is 16.5. The molecular formula is C24H29N3O3. The highest BCUT2D eigenvalue weighted by Gasteiger charge is 2.16. The number of hydrogen-bond donors (Lipinski definition) is 0. The lowest BCUT2D eigenvalue weighted by molar-refractivity contribution is 0.0781. The quantitative estimate of drug-likeness (QED) is 0.556. The zero-order valence-corrected chi connectivity index (χ0v) is 18.3. The van der Waals surface area contributed by atoms with Gasteiger partial charge in [-0.25, -0.2) is 0 Å². The van der Waals surface area contributed by atoms with Gasteiger partial charge >= 0.3 is 0 Å². The summed E-state index contributed by atoms with van der Waals surface area (Å²) < 4.78 is 13.4. The van der Waals surface area contributed by atoms with Crippen molar-refractivity contribution in [2.24, 2.45) is 0 Å². The van der Waals surface area contributed by atoms with Crippen LogP contribution in [0.1, 0.15) is 39.7 Å². The maximum atomic E-state index is 13.0. The van der Waals surface area contributed by atoms with Crippen LogP contribution in [0, 0.1) is 13.8 Å². The van der Waals surface area contributed by atoms with Gasteiger partial charge in [-0.2, -0.15) is 5.10 Å². The molecule has 1 amide bonds. The predicted molar refractivity (Wildman–Crippen MR) is 117 cm³/mol. The van der Waals surface area contributed by atoms with E-state index in [9.17, 15) is 4.79 Å². The number of methoxy groups -OCH3 is 1. The Morgan fingerprint density at radius 1 is 1.10 bits per heavy atom. The molecule has 0 saturated heterocycles. The minimum absolute atomic E-state index is 0.0607. The number of nitrogens with zero attached hydrogens (tertiary/aromatic N) is 3. The summed E-state index contributed by atoms with van der Waals surface area (Å²) in [6.45, 7) is 7.67. The molecule has 0 aliphatic carbocycles. The monoisotopic (exact) mass is 407 g/mol. The molecule has 1 aromatic heterocycles. The van der Waals surface area contributed by atoms with Gasteiger partial charge in [0, 0.05) is 30.9 Å². The average Bonchev–Trinajstić information content (AvgIpc) is 3.20. The second-order valence-electron chi connectivity index (χ2n) is 7.38. The van der Waals surface area contributed by atoms with E-state index in [0.29, 0.717) is 24.5 Å². The molecular weight excluding hydrogens is 378 g/mol. The molecule has 2 aromatic carbocycles. The van der Waals surface area contributed by atoms with Crippen molar-refractivity contribution in [1.82, 2.24) is 14.7 Å². The van der Waals surface area contributed by atoms with E-state index in [2.05, 4.69) is 11.2 Å². The summed E-state index contributed by atoms with van der Waals surface area (Å²) in [4.78, 5) is 14.7. The Bertz CT molecular complexity index is 1030. The molecule has 3 rings (SSSR count). The van der Waals surface area contributed by atoms with Gasteiger partial charge in [-0.05, 0) is 62.2 Å². The SMILES string of the molecule is CCn1nccc1CN(C)C(=O)c1ccc(OC)c(COc2cc(C)ccc2C)c1. The Balaban J connectivity index is 1.77. The van der Waals surface area contributed by atoms with Crippen molar-refractivity contribution < 1.29 is 14.3 Å². The van der Waals surface area contributed by atoms with E-state index in [0.717, 1.165) is 34.7 Å². The molecule has 6 nitrogen and oxygen atoms in total. The lowest BCUT2D eigenvalue weighted by Crippen LogP contribution is -2.27. The van der Waals surface area contributed by atoms with Gasteiger partial charge in [-0.15, -0.1) is 0 Å². The maximum absolute atomic E-state index is 13.0. The molecule has 6 heteroatoms. The van der Waals surface area contributed by atoms with Crippen molar-refractivity contribution >= 4 is 5.91 Å². The predicted octanol–water partition coefficient (Wildman–Crippen LogP) is 4.38. The third-order valence-corrected chi connectivity index (χ3v) is 5.10. The van der Waals surface area contributed by atoms with E-state index in [1.54, 1.807) is 31.3 Å². The summed E-state index contributed by atoms with van der Waals surface area (Å²) in [6, 6.07) is 13.5. The van der Waals surface area contributed by atoms with Crippen molar-refractivity contribution in [3.05, 3.63) is 76.6 Å².